The van der Waals surface area contributed by atoms with E-state index < -0.39 is 0 Å². The molecular weight excluding hydrogens is 259 g/mol. The predicted molar refractivity (Wildman–Crippen MR) is 64.7 cm³/mol. The van der Waals surface area contributed by atoms with Gasteiger partial charge in [0.1, 0.15) is 0 Å². The lowest BCUT2D eigenvalue weighted by molar-refractivity contribution is 0.736. The lowest BCUT2D eigenvalue weighted by Crippen LogP contribution is -1.75. The molecule has 70 valence electrons. The maximum absolute atomic E-state index is 3.23. The van der Waals surface area contributed by atoms with Gasteiger partial charge in [0.25, 0.3) is 0 Å². The van der Waals surface area contributed by atoms with Crippen LogP contribution < -0.4 is 0 Å². The topological polar surface area (TPSA) is 0 Å². The average molecular weight is 278 g/mol. The van der Waals surface area contributed by atoms with E-state index in [-0.39, 0.29) is 0 Å². The van der Waals surface area contributed by atoms with Gasteiger partial charge in [0, 0.05) is 12.8 Å². The van der Waals surface area contributed by atoms with Crippen LogP contribution in [0.5, 0.6) is 0 Å². The van der Waals surface area contributed by atoms with Gasteiger partial charge < -0.3 is 0 Å². The van der Waals surface area contributed by atoms with Crippen LogP contribution in [-0.4, -0.2) is 4.43 Å². The Kier molecular flexibility index (Phi) is 11.6. The summed E-state index contributed by atoms with van der Waals surface area (Å²) >= 11 is 2.42. The van der Waals surface area contributed by atoms with Crippen molar-refractivity contribution in [1.29, 1.82) is 0 Å². The van der Waals surface area contributed by atoms with Gasteiger partial charge in [-0.1, -0.05) is 42.4 Å². The number of hydrogen-bond donors (Lipinski definition) is 0. The highest BCUT2D eigenvalue weighted by Crippen LogP contribution is 1.99. The molecule has 12 heavy (non-hydrogen) atoms. The summed E-state index contributed by atoms with van der Waals surface area (Å²) in [5.74, 6) is 6.45. The highest BCUT2D eigenvalue weighted by molar-refractivity contribution is 14.1. The summed E-state index contributed by atoms with van der Waals surface area (Å²) in [6.45, 7) is 2.23. The Morgan fingerprint density at radius 3 is 2.00 bits per heavy atom. The fourth-order valence-corrected chi connectivity index (χ4v) is 1.49. The molecule has 0 aliphatic heterocycles. The molecule has 0 rings (SSSR count). The summed E-state index contributed by atoms with van der Waals surface area (Å²) in [6, 6.07) is 0. The Morgan fingerprint density at radius 1 is 0.917 bits per heavy atom. The molecule has 0 aliphatic rings. The van der Waals surface area contributed by atoms with E-state index in [9.17, 15) is 0 Å². The largest absolute Gasteiger partial charge is 0.103 e. The van der Waals surface area contributed by atoms with Crippen molar-refractivity contribution >= 4 is 22.6 Å². The first-order valence-electron chi connectivity index (χ1n) is 4.93. The third kappa shape index (κ3) is 10.3. The van der Waals surface area contributed by atoms with Gasteiger partial charge in [-0.25, -0.2) is 0 Å². The molecule has 0 bridgehead atoms. The molecule has 0 aromatic heterocycles. The van der Waals surface area contributed by atoms with Crippen LogP contribution in [-0.2, 0) is 0 Å². The molecule has 0 spiro atoms. The van der Waals surface area contributed by atoms with Crippen LogP contribution >= 0.6 is 22.6 Å². The van der Waals surface area contributed by atoms with Crippen molar-refractivity contribution in [1.82, 2.24) is 0 Å². The number of alkyl halides is 1. The van der Waals surface area contributed by atoms with Crippen LogP contribution in [0, 0.1) is 11.8 Å². The quantitative estimate of drug-likeness (QED) is 0.296. The summed E-state index contributed by atoms with van der Waals surface area (Å²) in [5, 5.41) is 0. The maximum atomic E-state index is 3.23. The van der Waals surface area contributed by atoms with Crippen molar-refractivity contribution in [3.05, 3.63) is 0 Å². The van der Waals surface area contributed by atoms with E-state index in [0.717, 1.165) is 12.8 Å². The van der Waals surface area contributed by atoms with Crippen LogP contribution in [0.2, 0.25) is 0 Å². The molecule has 1 heteroatoms. The minimum atomic E-state index is 1.11. The van der Waals surface area contributed by atoms with E-state index in [2.05, 4.69) is 41.4 Å². The number of unbranched alkanes of at least 4 members (excludes halogenated alkanes) is 5. The molecule has 0 atom stereocenters. The molecule has 0 aromatic rings. The summed E-state index contributed by atoms with van der Waals surface area (Å²) in [4.78, 5) is 0. The fraction of sp³-hybridized carbons (Fsp3) is 0.818. The zero-order valence-electron chi connectivity index (χ0n) is 8.03. The van der Waals surface area contributed by atoms with Crippen molar-refractivity contribution in [2.45, 2.75) is 51.9 Å². The molecule has 0 heterocycles. The smallest absolute Gasteiger partial charge is 0.00889 e. The number of halogens is 1. The molecule has 0 aliphatic carbocycles. The standard InChI is InChI=1S/C11H19I/c1-2-3-4-5-6-7-8-9-10-11-12/h2-5,8-11H2,1H3. The minimum absolute atomic E-state index is 1.11. The lowest BCUT2D eigenvalue weighted by atomic mass is 10.2. The molecule has 0 amide bonds. The van der Waals surface area contributed by atoms with Crippen molar-refractivity contribution in [3.8, 4) is 11.8 Å². The third-order valence-electron chi connectivity index (χ3n) is 1.72. The maximum Gasteiger partial charge on any atom is 0.00889 e. The van der Waals surface area contributed by atoms with Gasteiger partial charge in [-0.2, -0.15) is 0 Å². The van der Waals surface area contributed by atoms with E-state index >= 15 is 0 Å². The second kappa shape index (κ2) is 11.3. The highest BCUT2D eigenvalue weighted by atomic mass is 127. The fourth-order valence-electron chi connectivity index (χ4n) is 0.948. The molecule has 0 radical (unpaired) electrons. The SMILES string of the molecule is CCCCCC#CCCCCI. The van der Waals surface area contributed by atoms with Gasteiger partial charge in [0.15, 0.2) is 0 Å². The van der Waals surface area contributed by atoms with Gasteiger partial charge in [-0.05, 0) is 23.7 Å². The van der Waals surface area contributed by atoms with E-state index in [1.807, 2.05) is 0 Å². The van der Waals surface area contributed by atoms with E-state index in [0.29, 0.717) is 0 Å². The zero-order chi connectivity index (χ0) is 9.07. The monoisotopic (exact) mass is 278 g/mol. The van der Waals surface area contributed by atoms with Crippen molar-refractivity contribution in [2.75, 3.05) is 4.43 Å². The number of rotatable bonds is 6. The predicted octanol–water partition coefficient (Wildman–Crippen LogP) is 4.18. The second-order valence-electron chi connectivity index (χ2n) is 2.96. The van der Waals surface area contributed by atoms with Crippen molar-refractivity contribution < 1.29 is 0 Å². The first kappa shape index (κ1) is 12.3. The van der Waals surface area contributed by atoms with Crippen molar-refractivity contribution in [3.63, 3.8) is 0 Å². The molecule has 0 nitrogen and oxygen atoms in total. The zero-order valence-corrected chi connectivity index (χ0v) is 10.2. The van der Waals surface area contributed by atoms with Gasteiger partial charge in [0.2, 0.25) is 0 Å². The molecule has 0 saturated carbocycles. The second-order valence-corrected chi connectivity index (χ2v) is 4.04. The van der Waals surface area contributed by atoms with E-state index in [4.69, 9.17) is 0 Å². The first-order valence-corrected chi connectivity index (χ1v) is 6.46. The van der Waals surface area contributed by atoms with Gasteiger partial charge in [0.05, 0.1) is 0 Å². The van der Waals surface area contributed by atoms with Crippen LogP contribution in [0.4, 0.5) is 0 Å². The van der Waals surface area contributed by atoms with Crippen LogP contribution in [0.15, 0.2) is 0 Å². The van der Waals surface area contributed by atoms with E-state index in [1.54, 1.807) is 0 Å². The van der Waals surface area contributed by atoms with Crippen LogP contribution in [0.1, 0.15) is 51.9 Å². The third-order valence-corrected chi connectivity index (χ3v) is 2.48. The van der Waals surface area contributed by atoms with Crippen LogP contribution in [0.3, 0.4) is 0 Å². The Balaban J connectivity index is 3.01. The van der Waals surface area contributed by atoms with Crippen molar-refractivity contribution in [2.24, 2.45) is 0 Å². The first-order chi connectivity index (χ1) is 5.91. The molecule has 0 fully saturated rings. The Hall–Kier alpha value is 0.290. The minimum Gasteiger partial charge on any atom is -0.103 e. The molecule has 0 saturated heterocycles. The molecule has 0 unspecified atom stereocenters. The van der Waals surface area contributed by atoms with Gasteiger partial charge in [-0.3, -0.25) is 0 Å². The average Bonchev–Trinajstić information content (AvgIpc) is 2.10. The summed E-state index contributed by atoms with van der Waals surface area (Å²) < 4.78 is 1.27. The molecule has 0 N–H and O–H groups in total. The Morgan fingerprint density at radius 2 is 1.50 bits per heavy atom. The molecular formula is C11H19I. The Labute approximate surface area is 90.6 Å². The normalized spacial score (nSPS) is 9.17. The number of hydrogen-bond acceptors (Lipinski definition) is 0. The van der Waals surface area contributed by atoms with Crippen LogP contribution in [0.25, 0.3) is 0 Å². The Bertz CT molecular complexity index is 116. The summed E-state index contributed by atoms with van der Waals surface area (Å²) in [7, 11) is 0. The molecule has 0 aromatic carbocycles. The van der Waals surface area contributed by atoms with Gasteiger partial charge in [-0.15, -0.1) is 11.8 Å². The van der Waals surface area contributed by atoms with Gasteiger partial charge >= 0.3 is 0 Å². The highest BCUT2D eigenvalue weighted by Gasteiger charge is 1.82. The van der Waals surface area contributed by atoms with E-state index in [1.165, 1.54) is 36.5 Å². The lowest BCUT2D eigenvalue weighted by Gasteiger charge is -1.89. The summed E-state index contributed by atoms with van der Waals surface area (Å²) in [5.41, 5.74) is 0. The summed E-state index contributed by atoms with van der Waals surface area (Å²) in [6.07, 6.45) is 8.75.